The Hall–Kier alpha value is -2.42. The Morgan fingerprint density at radius 3 is 2.81 bits per heavy atom. The van der Waals surface area contributed by atoms with Gasteiger partial charge in [-0.05, 0) is 39.0 Å². The molecule has 0 spiro atoms. The number of nitrogens with one attached hydrogen (secondary N) is 1. The van der Waals surface area contributed by atoms with Crippen LogP contribution in [-0.2, 0) is 14.3 Å². The second-order valence-corrected chi connectivity index (χ2v) is 8.41. The summed E-state index contributed by atoms with van der Waals surface area (Å²) in [7, 11) is 1.74. The normalized spacial score (nSPS) is 19.6. The van der Waals surface area contributed by atoms with Crippen molar-refractivity contribution in [3.8, 4) is 0 Å². The molecule has 1 saturated heterocycles. The summed E-state index contributed by atoms with van der Waals surface area (Å²) in [5.41, 5.74) is 0.946. The van der Waals surface area contributed by atoms with Gasteiger partial charge in [0.2, 0.25) is 5.91 Å². The Morgan fingerprint density at radius 2 is 2.11 bits per heavy atom. The number of cyclic esters (lactones) is 1. The van der Waals surface area contributed by atoms with Crippen molar-refractivity contribution in [3.63, 3.8) is 0 Å². The maximum atomic E-state index is 12.2. The summed E-state index contributed by atoms with van der Waals surface area (Å²) >= 11 is 1.45. The monoisotopic (exact) mass is 393 g/mol. The number of ether oxygens (including phenoxy) is 2. The Bertz CT molecular complexity index is 777. The molecule has 0 aliphatic carbocycles. The molecule has 0 aromatic heterocycles. The molecule has 0 radical (unpaired) electrons. The van der Waals surface area contributed by atoms with Crippen molar-refractivity contribution in [3.05, 3.63) is 18.2 Å². The number of rotatable bonds is 3. The van der Waals surface area contributed by atoms with Gasteiger partial charge in [0.15, 0.2) is 0 Å². The first-order valence-corrected chi connectivity index (χ1v) is 9.61. The highest BCUT2D eigenvalue weighted by Gasteiger charge is 2.34. The summed E-state index contributed by atoms with van der Waals surface area (Å²) in [6.45, 7) is 5.84. The second-order valence-electron chi connectivity index (χ2n) is 7.39. The molecule has 1 aromatic carbocycles. The summed E-state index contributed by atoms with van der Waals surface area (Å²) in [5.74, 6) is 0.425. The standard InChI is InChI=1S/C18H23N3O5S/c1-18(2,3)26-16(23)19-8-12-9-21(17(24)25-12)11-5-6-13-14(7-11)27-10-15(22)20(13)4/h5-7,12H,8-10H2,1-4H3,(H,19,23). The van der Waals surface area contributed by atoms with Crippen LogP contribution in [0.15, 0.2) is 23.1 Å². The zero-order valence-electron chi connectivity index (χ0n) is 15.8. The van der Waals surface area contributed by atoms with Gasteiger partial charge in [-0.1, -0.05) is 0 Å². The van der Waals surface area contributed by atoms with E-state index in [9.17, 15) is 14.4 Å². The van der Waals surface area contributed by atoms with E-state index in [1.54, 1.807) is 38.8 Å². The topological polar surface area (TPSA) is 88.2 Å². The average Bonchev–Trinajstić information content (AvgIpc) is 2.95. The molecule has 3 amide bonds. The summed E-state index contributed by atoms with van der Waals surface area (Å²) in [6.07, 6.45) is -1.47. The molecular weight excluding hydrogens is 370 g/mol. The maximum Gasteiger partial charge on any atom is 0.414 e. The first kappa shape index (κ1) is 19.3. The molecule has 1 N–H and O–H groups in total. The third kappa shape index (κ3) is 4.47. The summed E-state index contributed by atoms with van der Waals surface area (Å²) in [4.78, 5) is 39.8. The molecule has 8 nitrogen and oxygen atoms in total. The molecule has 1 atom stereocenters. The van der Waals surface area contributed by atoms with Crippen LogP contribution in [-0.4, -0.2) is 55.7 Å². The number of carbonyl (C=O) groups is 3. The predicted octanol–water partition coefficient (Wildman–Crippen LogP) is 2.61. The van der Waals surface area contributed by atoms with E-state index in [0.29, 0.717) is 18.0 Å². The molecule has 0 bridgehead atoms. The van der Waals surface area contributed by atoms with Crippen LogP contribution in [0.3, 0.4) is 0 Å². The lowest BCUT2D eigenvalue weighted by molar-refractivity contribution is -0.116. The number of thioether (sulfide) groups is 1. The van der Waals surface area contributed by atoms with Gasteiger partial charge in [-0.15, -0.1) is 11.8 Å². The van der Waals surface area contributed by atoms with Gasteiger partial charge in [0.25, 0.3) is 0 Å². The Morgan fingerprint density at radius 1 is 1.37 bits per heavy atom. The zero-order chi connectivity index (χ0) is 19.8. The lowest BCUT2D eigenvalue weighted by Crippen LogP contribution is -2.38. The summed E-state index contributed by atoms with van der Waals surface area (Å²) in [6, 6.07) is 5.50. The number of carbonyl (C=O) groups excluding carboxylic acids is 3. The largest absolute Gasteiger partial charge is 0.444 e. The maximum absolute atomic E-state index is 12.2. The van der Waals surface area contributed by atoms with Crippen molar-refractivity contribution >= 4 is 41.2 Å². The van der Waals surface area contributed by atoms with Crippen LogP contribution in [0.5, 0.6) is 0 Å². The highest BCUT2D eigenvalue weighted by Crippen LogP contribution is 2.38. The molecule has 146 valence electrons. The number of amides is 3. The molecule has 1 aromatic rings. The van der Waals surface area contributed by atoms with Gasteiger partial charge in [0.05, 0.1) is 24.5 Å². The molecule has 0 saturated carbocycles. The smallest absolute Gasteiger partial charge is 0.414 e. The van der Waals surface area contributed by atoms with E-state index >= 15 is 0 Å². The van der Waals surface area contributed by atoms with Crippen LogP contribution >= 0.6 is 11.8 Å². The molecule has 2 aliphatic heterocycles. The van der Waals surface area contributed by atoms with Crippen LogP contribution < -0.4 is 15.1 Å². The van der Waals surface area contributed by atoms with E-state index in [2.05, 4.69) is 5.32 Å². The fourth-order valence-corrected chi connectivity index (χ4v) is 3.81. The SMILES string of the molecule is CN1C(=O)CSc2cc(N3CC(CNC(=O)OC(C)(C)C)OC3=O)ccc21. The third-order valence-corrected chi connectivity index (χ3v) is 5.12. The highest BCUT2D eigenvalue weighted by molar-refractivity contribution is 8.00. The molecule has 27 heavy (non-hydrogen) atoms. The zero-order valence-corrected chi connectivity index (χ0v) is 16.6. The second kappa shape index (κ2) is 7.30. The van der Waals surface area contributed by atoms with E-state index in [0.717, 1.165) is 10.6 Å². The quantitative estimate of drug-likeness (QED) is 0.849. The van der Waals surface area contributed by atoms with Crippen molar-refractivity contribution in [2.75, 3.05) is 35.7 Å². The first-order valence-electron chi connectivity index (χ1n) is 8.62. The number of anilines is 2. The van der Waals surface area contributed by atoms with Crippen LogP contribution in [0.2, 0.25) is 0 Å². The van der Waals surface area contributed by atoms with Gasteiger partial charge in [-0.3, -0.25) is 9.69 Å². The minimum Gasteiger partial charge on any atom is -0.444 e. The van der Waals surface area contributed by atoms with E-state index in [-0.39, 0.29) is 12.5 Å². The van der Waals surface area contributed by atoms with Crippen LogP contribution in [0.1, 0.15) is 20.8 Å². The van der Waals surface area contributed by atoms with Crippen molar-refractivity contribution in [2.45, 2.75) is 37.4 Å². The molecule has 3 rings (SSSR count). The van der Waals surface area contributed by atoms with E-state index in [1.807, 2.05) is 12.1 Å². The molecule has 1 fully saturated rings. The Labute approximate surface area is 162 Å². The molecule has 9 heteroatoms. The summed E-state index contributed by atoms with van der Waals surface area (Å²) in [5, 5.41) is 2.62. The van der Waals surface area contributed by atoms with Crippen molar-refractivity contribution in [1.29, 1.82) is 0 Å². The fourth-order valence-electron chi connectivity index (χ4n) is 2.78. The summed E-state index contributed by atoms with van der Waals surface area (Å²) < 4.78 is 10.5. The number of hydrogen-bond donors (Lipinski definition) is 1. The highest BCUT2D eigenvalue weighted by atomic mass is 32.2. The van der Waals surface area contributed by atoms with Gasteiger partial charge in [-0.25, -0.2) is 9.59 Å². The number of hydrogen-bond acceptors (Lipinski definition) is 6. The van der Waals surface area contributed by atoms with Gasteiger partial charge in [0, 0.05) is 17.6 Å². The number of nitrogens with zero attached hydrogens (tertiary/aromatic N) is 2. The predicted molar refractivity (Wildman–Crippen MR) is 102 cm³/mol. The first-order chi connectivity index (χ1) is 12.6. The van der Waals surface area contributed by atoms with E-state index in [4.69, 9.17) is 9.47 Å². The van der Waals surface area contributed by atoms with Crippen molar-refractivity contribution in [2.24, 2.45) is 0 Å². The average molecular weight is 393 g/mol. The van der Waals surface area contributed by atoms with Crippen molar-refractivity contribution < 1.29 is 23.9 Å². The van der Waals surface area contributed by atoms with Crippen LogP contribution in [0.4, 0.5) is 21.0 Å². The Balaban J connectivity index is 1.63. The van der Waals surface area contributed by atoms with Gasteiger partial charge < -0.3 is 19.7 Å². The Kier molecular flexibility index (Phi) is 5.23. The van der Waals surface area contributed by atoms with Crippen molar-refractivity contribution in [1.82, 2.24) is 5.32 Å². The van der Waals surface area contributed by atoms with Gasteiger partial charge >= 0.3 is 12.2 Å². The van der Waals surface area contributed by atoms with E-state index < -0.39 is 23.9 Å². The number of benzene rings is 1. The minimum absolute atomic E-state index is 0.0501. The number of fused-ring (bicyclic) bond motifs is 1. The van der Waals surface area contributed by atoms with Gasteiger partial charge in [-0.2, -0.15) is 0 Å². The fraction of sp³-hybridized carbons (Fsp3) is 0.500. The molecule has 2 aliphatic rings. The minimum atomic E-state index is -0.586. The van der Waals surface area contributed by atoms with Gasteiger partial charge in [0.1, 0.15) is 11.7 Å². The van der Waals surface area contributed by atoms with Crippen LogP contribution in [0.25, 0.3) is 0 Å². The lowest BCUT2D eigenvalue weighted by atomic mass is 10.2. The lowest BCUT2D eigenvalue weighted by Gasteiger charge is -2.26. The van der Waals surface area contributed by atoms with E-state index in [1.165, 1.54) is 16.7 Å². The molecule has 2 heterocycles. The number of alkyl carbamates (subject to hydrolysis) is 1. The van der Waals surface area contributed by atoms with Crippen LogP contribution in [0, 0.1) is 0 Å². The molecule has 1 unspecified atom stereocenters. The molecular formula is C18H23N3O5S. The third-order valence-electron chi connectivity index (χ3n) is 4.09.